The summed E-state index contributed by atoms with van der Waals surface area (Å²) in [6.07, 6.45) is 4.84. The van der Waals surface area contributed by atoms with Crippen LogP contribution in [0, 0.1) is 11.8 Å². The number of rotatable bonds is 14. The largest absolute Gasteiger partial charge is 0.465 e. The van der Waals surface area contributed by atoms with E-state index in [0.29, 0.717) is 19.3 Å². The number of aliphatic hydroxyl groups is 1. The highest BCUT2D eigenvalue weighted by Gasteiger charge is 2.76. The number of aliphatic hydroxyl groups excluding tert-OH is 1. The van der Waals surface area contributed by atoms with E-state index in [0.717, 1.165) is 24.5 Å². The Morgan fingerprint density at radius 2 is 1.88 bits per heavy atom. The Kier molecular flexibility index (Phi) is 10.1. The molecule has 8 nitrogen and oxygen atoms in total. The maximum atomic E-state index is 14.6. The van der Waals surface area contributed by atoms with Gasteiger partial charge in [0.15, 0.2) is 0 Å². The molecular formula is C30H40BrN3O5S. The van der Waals surface area contributed by atoms with Gasteiger partial charge >= 0.3 is 5.97 Å². The van der Waals surface area contributed by atoms with Gasteiger partial charge in [0.05, 0.1) is 23.2 Å². The first kappa shape index (κ1) is 30.7. The number of fused-ring (bicyclic) bond motifs is 1. The van der Waals surface area contributed by atoms with Gasteiger partial charge in [0.1, 0.15) is 6.04 Å². The molecule has 0 saturated carbocycles. The number of hydrogen-bond donors (Lipinski definition) is 1. The van der Waals surface area contributed by atoms with Crippen molar-refractivity contribution in [2.75, 3.05) is 49.2 Å². The number of nitrogens with zero attached hydrogens (tertiary/aromatic N) is 3. The average molecular weight is 635 g/mol. The summed E-state index contributed by atoms with van der Waals surface area (Å²) in [4.78, 5) is 47.4. The molecule has 1 spiro atoms. The highest BCUT2D eigenvalue weighted by atomic mass is 79.9. The first-order chi connectivity index (χ1) is 19.3. The van der Waals surface area contributed by atoms with Crippen LogP contribution in [0.25, 0.3) is 0 Å². The fourth-order valence-electron chi connectivity index (χ4n) is 6.53. The number of carbonyl (C=O) groups excluding carboxylic acids is 3. The topological polar surface area (TPSA) is 90.4 Å². The van der Waals surface area contributed by atoms with Crippen molar-refractivity contribution in [2.45, 2.75) is 54.0 Å². The fraction of sp³-hybridized carbons (Fsp3) is 0.567. The first-order valence-corrected chi connectivity index (χ1v) is 15.9. The lowest BCUT2D eigenvalue weighted by atomic mass is 9.71. The number of ether oxygens (including phenoxy) is 1. The Bertz CT molecular complexity index is 1110. The highest BCUT2D eigenvalue weighted by Crippen LogP contribution is 2.68. The summed E-state index contributed by atoms with van der Waals surface area (Å²) in [5.74, 6) is -2.10. The van der Waals surface area contributed by atoms with E-state index < -0.39 is 28.6 Å². The number of halogens is 1. The molecule has 6 atom stereocenters. The molecule has 40 heavy (non-hydrogen) atoms. The maximum Gasteiger partial charge on any atom is 0.310 e. The Balaban J connectivity index is 1.71. The number of esters is 1. The molecule has 1 aromatic rings. The quantitative estimate of drug-likeness (QED) is 0.143. The molecule has 1 N–H and O–H groups in total. The van der Waals surface area contributed by atoms with Gasteiger partial charge in [-0.05, 0) is 57.4 Å². The molecule has 1 aromatic carbocycles. The Hall–Kier alpha value is -2.30. The third-order valence-corrected chi connectivity index (χ3v) is 11.5. The van der Waals surface area contributed by atoms with Crippen molar-refractivity contribution < 1.29 is 24.2 Å². The van der Waals surface area contributed by atoms with Gasteiger partial charge in [-0.1, -0.05) is 28.1 Å². The molecule has 3 saturated heterocycles. The predicted molar refractivity (Wildman–Crippen MR) is 164 cm³/mol. The van der Waals surface area contributed by atoms with E-state index >= 15 is 0 Å². The summed E-state index contributed by atoms with van der Waals surface area (Å²) < 4.78 is 4.80. The lowest BCUT2D eigenvalue weighted by Crippen LogP contribution is -2.55. The SMILES string of the molecule is C=CCCOC(=O)[C@H]1[C@H]2C(=O)N(CCCO)C(C(=O)N(CC=C)c3ccc(N(CC)CC)cc3)C23CC(Br)[C@@H]1S3. The second kappa shape index (κ2) is 13.1. The number of alkyl halides is 1. The molecule has 3 unspecified atom stereocenters. The second-order valence-corrected chi connectivity index (χ2v) is 13.2. The van der Waals surface area contributed by atoms with Gasteiger partial charge in [-0.15, -0.1) is 24.9 Å². The lowest BCUT2D eigenvalue weighted by molar-refractivity contribution is -0.154. The standard InChI is InChI=1S/C30H40BrN3O5S/c1-5-9-18-39-29(38)23-24-27(36)34(16-10-17-35)26(30(24)19-22(31)25(23)40-30)28(37)33(15-6-2)21-13-11-20(12-14-21)32(7-3)8-4/h5-6,11-14,22-26,35H,1-2,7-10,15-19H2,3-4H3/t22?,23-,24-,25-,26?,30?/m0/s1. The van der Waals surface area contributed by atoms with Crippen LogP contribution in [0.15, 0.2) is 49.6 Å². The van der Waals surface area contributed by atoms with E-state index in [1.165, 1.54) is 0 Å². The summed E-state index contributed by atoms with van der Waals surface area (Å²) >= 11 is 5.35. The normalized spacial score (nSPS) is 28.4. The van der Waals surface area contributed by atoms with Crippen LogP contribution in [0.1, 0.15) is 33.1 Å². The van der Waals surface area contributed by atoms with Crippen molar-refractivity contribution in [3.05, 3.63) is 49.6 Å². The molecule has 2 bridgehead atoms. The third-order valence-electron chi connectivity index (χ3n) is 8.29. The number of thioether (sulfide) groups is 1. The van der Waals surface area contributed by atoms with Crippen LogP contribution in [0.5, 0.6) is 0 Å². The van der Waals surface area contributed by atoms with Crippen LogP contribution in [0.4, 0.5) is 11.4 Å². The molecule has 3 aliphatic heterocycles. The molecule has 2 amide bonds. The minimum absolute atomic E-state index is 0.0344. The van der Waals surface area contributed by atoms with Gasteiger partial charge in [-0.2, -0.15) is 0 Å². The van der Waals surface area contributed by atoms with E-state index in [4.69, 9.17) is 4.74 Å². The minimum Gasteiger partial charge on any atom is -0.465 e. The van der Waals surface area contributed by atoms with Crippen molar-refractivity contribution in [1.82, 2.24) is 4.90 Å². The summed E-state index contributed by atoms with van der Waals surface area (Å²) in [5, 5.41) is 9.45. The van der Waals surface area contributed by atoms with Crippen molar-refractivity contribution in [1.29, 1.82) is 0 Å². The zero-order valence-corrected chi connectivity index (χ0v) is 25.7. The number of carbonyl (C=O) groups is 3. The maximum absolute atomic E-state index is 14.6. The zero-order chi connectivity index (χ0) is 29.0. The van der Waals surface area contributed by atoms with Gasteiger partial charge < -0.3 is 24.5 Å². The van der Waals surface area contributed by atoms with Crippen LogP contribution in [-0.4, -0.2) is 88.0 Å². The smallest absolute Gasteiger partial charge is 0.310 e. The number of benzene rings is 1. The summed E-state index contributed by atoms with van der Waals surface area (Å²) in [6, 6.07) is 7.11. The molecule has 218 valence electrons. The zero-order valence-electron chi connectivity index (χ0n) is 23.3. The van der Waals surface area contributed by atoms with Crippen LogP contribution in [0.3, 0.4) is 0 Å². The van der Waals surface area contributed by atoms with Crippen molar-refractivity contribution >= 4 is 56.9 Å². The Morgan fingerprint density at radius 3 is 2.48 bits per heavy atom. The number of anilines is 2. The molecule has 0 aliphatic carbocycles. The van der Waals surface area contributed by atoms with E-state index in [1.54, 1.807) is 33.7 Å². The van der Waals surface area contributed by atoms with E-state index in [1.807, 2.05) is 24.3 Å². The Labute approximate surface area is 249 Å². The van der Waals surface area contributed by atoms with E-state index in [9.17, 15) is 19.5 Å². The van der Waals surface area contributed by atoms with Gasteiger partial charge in [0, 0.05) is 54.2 Å². The van der Waals surface area contributed by atoms with E-state index in [2.05, 4.69) is 47.8 Å². The highest BCUT2D eigenvalue weighted by molar-refractivity contribution is 9.09. The molecule has 0 radical (unpaired) electrons. The summed E-state index contributed by atoms with van der Waals surface area (Å²) in [7, 11) is 0. The van der Waals surface area contributed by atoms with Crippen LogP contribution < -0.4 is 9.80 Å². The van der Waals surface area contributed by atoms with E-state index in [-0.39, 0.29) is 48.2 Å². The fourth-order valence-corrected chi connectivity index (χ4v) is 10.1. The number of amides is 2. The van der Waals surface area contributed by atoms with Crippen molar-refractivity contribution in [2.24, 2.45) is 11.8 Å². The van der Waals surface area contributed by atoms with Crippen LogP contribution in [-0.2, 0) is 19.1 Å². The summed E-state index contributed by atoms with van der Waals surface area (Å²) in [6.45, 7) is 14.2. The first-order valence-electron chi connectivity index (χ1n) is 14.1. The van der Waals surface area contributed by atoms with Crippen LogP contribution >= 0.6 is 27.7 Å². The molecule has 0 aromatic heterocycles. The number of hydrogen-bond acceptors (Lipinski definition) is 7. The molecule has 10 heteroatoms. The predicted octanol–water partition coefficient (Wildman–Crippen LogP) is 4.02. The molecule has 3 aliphatic rings. The average Bonchev–Trinajstić information content (AvgIpc) is 3.54. The van der Waals surface area contributed by atoms with Crippen LogP contribution in [0.2, 0.25) is 0 Å². The third kappa shape index (κ3) is 5.34. The molecule has 3 fully saturated rings. The molecule has 3 heterocycles. The minimum atomic E-state index is -0.778. The lowest BCUT2D eigenvalue weighted by Gasteiger charge is -2.38. The molecule has 4 rings (SSSR count). The van der Waals surface area contributed by atoms with Crippen molar-refractivity contribution in [3.8, 4) is 0 Å². The molecular weight excluding hydrogens is 594 g/mol. The summed E-state index contributed by atoms with van der Waals surface area (Å²) in [5.41, 5.74) is 1.80. The van der Waals surface area contributed by atoms with Gasteiger partial charge in [-0.3, -0.25) is 14.4 Å². The second-order valence-electron chi connectivity index (χ2n) is 10.4. The number of likely N-dealkylation sites (tertiary alicyclic amines) is 1. The van der Waals surface area contributed by atoms with Gasteiger partial charge in [-0.25, -0.2) is 0 Å². The van der Waals surface area contributed by atoms with Crippen molar-refractivity contribution in [3.63, 3.8) is 0 Å². The Morgan fingerprint density at radius 1 is 1.20 bits per heavy atom. The van der Waals surface area contributed by atoms with Gasteiger partial charge in [0.2, 0.25) is 5.91 Å². The monoisotopic (exact) mass is 633 g/mol. The van der Waals surface area contributed by atoms with Gasteiger partial charge in [0.25, 0.3) is 5.91 Å².